The van der Waals surface area contributed by atoms with Crippen LogP contribution < -0.4 is 5.32 Å². The average Bonchev–Trinajstić information content (AvgIpc) is 3.10. The highest BCUT2D eigenvalue weighted by Gasteiger charge is 2.17. The molecule has 1 atom stereocenters. The lowest BCUT2D eigenvalue weighted by Gasteiger charge is -2.19. The van der Waals surface area contributed by atoms with Gasteiger partial charge in [-0.2, -0.15) is 0 Å². The minimum absolute atomic E-state index is 0.0569. The quantitative estimate of drug-likeness (QED) is 0.765. The molecule has 1 N–H and O–H groups in total. The topological polar surface area (TPSA) is 46.9 Å². The van der Waals surface area contributed by atoms with E-state index in [9.17, 15) is 4.79 Å². The van der Waals surface area contributed by atoms with Crippen molar-refractivity contribution in [3.63, 3.8) is 0 Å². The molecule has 23 heavy (non-hydrogen) atoms. The minimum atomic E-state index is -0.0950. The second-order valence-electron chi connectivity index (χ2n) is 5.17. The van der Waals surface area contributed by atoms with Crippen LogP contribution in [0.15, 0.2) is 73.2 Å². The van der Waals surface area contributed by atoms with Crippen LogP contribution >= 0.6 is 11.6 Å². The van der Waals surface area contributed by atoms with Crippen LogP contribution in [0.25, 0.3) is 0 Å². The van der Waals surface area contributed by atoms with Crippen molar-refractivity contribution in [2.24, 2.45) is 0 Å². The van der Waals surface area contributed by atoms with Gasteiger partial charge in [0, 0.05) is 18.6 Å². The molecule has 0 unspecified atom stereocenters. The predicted molar refractivity (Wildman–Crippen MR) is 91.5 cm³/mol. The van der Waals surface area contributed by atoms with E-state index in [1.807, 2.05) is 59.4 Å². The van der Waals surface area contributed by atoms with Gasteiger partial charge >= 0.3 is 0 Å². The molecule has 0 aliphatic carbocycles. The molecule has 0 fully saturated rings. The average molecular weight is 326 g/mol. The van der Waals surface area contributed by atoms with Crippen LogP contribution in [0.2, 0.25) is 5.02 Å². The van der Waals surface area contributed by atoms with Gasteiger partial charge in [0.2, 0.25) is 5.91 Å². The molecule has 0 radical (unpaired) electrons. The van der Waals surface area contributed by atoms with Crippen LogP contribution in [-0.4, -0.2) is 15.5 Å². The van der Waals surface area contributed by atoms with Gasteiger partial charge in [0.25, 0.3) is 0 Å². The lowest BCUT2D eigenvalue weighted by molar-refractivity contribution is -0.116. The van der Waals surface area contributed by atoms with E-state index in [2.05, 4.69) is 10.3 Å². The molecule has 1 amide bonds. The minimum Gasteiger partial charge on any atom is -0.346 e. The molecule has 0 aliphatic heterocycles. The van der Waals surface area contributed by atoms with Crippen LogP contribution in [0.5, 0.6) is 0 Å². The fourth-order valence-corrected chi connectivity index (χ4v) is 2.56. The summed E-state index contributed by atoms with van der Waals surface area (Å²) in [5.74, 6) is 0.404. The molecule has 3 aromatic rings. The number of aromatic nitrogens is 2. The Morgan fingerprint density at radius 2 is 1.83 bits per heavy atom. The second kappa shape index (κ2) is 7.11. The summed E-state index contributed by atoms with van der Waals surface area (Å²) < 4.78 is 2.03. The number of nitrogens with one attached hydrogen (secondary N) is 1. The van der Waals surface area contributed by atoms with Crippen molar-refractivity contribution in [2.45, 2.75) is 12.5 Å². The van der Waals surface area contributed by atoms with Crippen molar-refractivity contribution in [3.8, 4) is 0 Å². The first-order valence-electron chi connectivity index (χ1n) is 7.31. The van der Waals surface area contributed by atoms with Gasteiger partial charge in [-0.15, -0.1) is 0 Å². The van der Waals surface area contributed by atoms with Gasteiger partial charge in [0.15, 0.2) is 0 Å². The number of carbonyl (C=O) groups excluding carboxylic acids is 1. The fourth-order valence-electron chi connectivity index (χ4n) is 2.45. The van der Waals surface area contributed by atoms with E-state index in [4.69, 9.17) is 11.6 Å². The Kier molecular flexibility index (Phi) is 4.74. The summed E-state index contributed by atoms with van der Waals surface area (Å²) in [4.78, 5) is 16.5. The Morgan fingerprint density at radius 3 is 2.48 bits per heavy atom. The van der Waals surface area contributed by atoms with E-state index in [0.717, 1.165) is 5.56 Å². The van der Waals surface area contributed by atoms with Crippen molar-refractivity contribution < 1.29 is 4.79 Å². The van der Waals surface area contributed by atoms with Gasteiger partial charge in [-0.25, -0.2) is 4.98 Å². The first kappa shape index (κ1) is 15.3. The smallest absolute Gasteiger partial charge is 0.227 e. The molecule has 0 aliphatic rings. The molecule has 0 spiro atoms. The summed E-state index contributed by atoms with van der Waals surface area (Å²) in [7, 11) is 0. The molecule has 4 nitrogen and oxygen atoms in total. The predicted octanol–water partition coefficient (Wildman–Crippen LogP) is 4.15. The number of halogens is 1. The highest BCUT2D eigenvalue weighted by molar-refractivity contribution is 6.30. The van der Waals surface area contributed by atoms with E-state index in [1.165, 1.54) is 6.20 Å². The van der Waals surface area contributed by atoms with E-state index in [1.54, 1.807) is 12.1 Å². The van der Waals surface area contributed by atoms with Crippen molar-refractivity contribution in [2.75, 3.05) is 5.32 Å². The third-order valence-electron chi connectivity index (χ3n) is 3.55. The number of rotatable bonds is 5. The second-order valence-corrected chi connectivity index (χ2v) is 5.61. The van der Waals surface area contributed by atoms with Crippen LogP contribution in [0.1, 0.15) is 18.0 Å². The van der Waals surface area contributed by atoms with E-state index in [0.29, 0.717) is 17.3 Å². The largest absolute Gasteiger partial charge is 0.346 e. The van der Waals surface area contributed by atoms with Crippen LogP contribution in [-0.2, 0) is 4.79 Å². The van der Waals surface area contributed by atoms with Crippen molar-refractivity contribution in [3.05, 3.63) is 83.8 Å². The maximum Gasteiger partial charge on any atom is 0.227 e. The summed E-state index contributed by atoms with van der Waals surface area (Å²) in [5, 5.41) is 3.35. The van der Waals surface area contributed by atoms with Crippen molar-refractivity contribution in [1.29, 1.82) is 0 Å². The normalized spacial score (nSPS) is 11.9. The zero-order valence-corrected chi connectivity index (χ0v) is 13.1. The maximum atomic E-state index is 12.4. The molecule has 3 rings (SSSR count). The van der Waals surface area contributed by atoms with E-state index >= 15 is 0 Å². The Labute approximate surface area is 139 Å². The summed E-state index contributed by atoms with van der Waals surface area (Å²) in [6, 6.07) is 17.2. The van der Waals surface area contributed by atoms with Gasteiger partial charge in [-0.05, 0) is 29.8 Å². The first-order chi connectivity index (χ1) is 11.2. The zero-order chi connectivity index (χ0) is 16.1. The van der Waals surface area contributed by atoms with E-state index in [-0.39, 0.29) is 11.9 Å². The number of hydrogen-bond acceptors (Lipinski definition) is 2. The van der Waals surface area contributed by atoms with Crippen LogP contribution in [0.4, 0.5) is 5.82 Å². The van der Waals surface area contributed by atoms with Gasteiger partial charge in [0.05, 0.1) is 17.5 Å². The van der Waals surface area contributed by atoms with Gasteiger partial charge in [-0.1, -0.05) is 41.9 Å². The molecule has 5 heteroatoms. The number of benzene rings is 1. The lowest BCUT2D eigenvalue weighted by atomic mass is 10.0. The van der Waals surface area contributed by atoms with Gasteiger partial charge < -0.3 is 9.88 Å². The Bertz CT molecular complexity index is 755. The van der Waals surface area contributed by atoms with Crippen LogP contribution in [0, 0.1) is 0 Å². The molecule has 2 aromatic heterocycles. The Hall–Kier alpha value is -2.59. The molecule has 1 aromatic carbocycles. The van der Waals surface area contributed by atoms with Gasteiger partial charge in [-0.3, -0.25) is 4.79 Å². The highest BCUT2D eigenvalue weighted by atomic mass is 35.5. The molecule has 116 valence electrons. The van der Waals surface area contributed by atoms with Gasteiger partial charge in [0.1, 0.15) is 5.82 Å². The lowest BCUT2D eigenvalue weighted by Crippen LogP contribution is -2.20. The molecule has 0 saturated heterocycles. The number of nitrogens with zero attached hydrogens (tertiary/aromatic N) is 2. The third kappa shape index (κ3) is 3.99. The standard InChI is InChI=1S/C18H16ClN3O/c19-15-8-9-17(20-13-15)21-18(23)12-16(22-10-4-5-11-22)14-6-2-1-3-7-14/h1-11,13,16H,12H2,(H,20,21,23)/t16-/m1/s1. The number of amides is 1. The molecular weight excluding hydrogens is 310 g/mol. The Balaban J connectivity index is 1.76. The molecule has 0 saturated carbocycles. The van der Waals surface area contributed by atoms with E-state index < -0.39 is 0 Å². The monoisotopic (exact) mass is 325 g/mol. The zero-order valence-electron chi connectivity index (χ0n) is 12.4. The highest BCUT2D eigenvalue weighted by Crippen LogP contribution is 2.22. The summed E-state index contributed by atoms with van der Waals surface area (Å²) in [6.45, 7) is 0. The Morgan fingerprint density at radius 1 is 1.09 bits per heavy atom. The third-order valence-corrected chi connectivity index (χ3v) is 3.77. The summed E-state index contributed by atoms with van der Waals surface area (Å²) >= 11 is 5.80. The maximum absolute atomic E-state index is 12.4. The number of carbonyl (C=O) groups is 1. The fraction of sp³-hybridized carbons (Fsp3) is 0.111. The summed E-state index contributed by atoms with van der Waals surface area (Å²) in [6.07, 6.45) is 5.76. The SMILES string of the molecule is O=C(C[C@H](c1ccccc1)n1cccc1)Nc1ccc(Cl)cn1. The van der Waals surface area contributed by atoms with Crippen LogP contribution in [0.3, 0.4) is 0 Å². The number of anilines is 1. The number of pyridine rings is 1. The molecule has 2 heterocycles. The molecular formula is C18H16ClN3O. The molecule has 0 bridgehead atoms. The van der Waals surface area contributed by atoms with Crippen molar-refractivity contribution in [1.82, 2.24) is 9.55 Å². The summed E-state index contributed by atoms with van der Waals surface area (Å²) in [5.41, 5.74) is 1.09. The number of hydrogen-bond donors (Lipinski definition) is 1. The van der Waals surface area contributed by atoms with Crippen molar-refractivity contribution >= 4 is 23.3 Å². The first-order valence-corrected chi connectivity index (χ1v) is 7.69.